The third-order valence-corrected chi connectivity index (χ3v) is 4.78. The van der Waals surface area contributed by atoms with Crippen molar-refractivity contribution < 1.29 is 14.3 Å². The normalized spacial score (nSPS) is 14.0. The van der Waals surface area contributed by atoms with Crippen molar-refractivity contribution in [2.45, 2.75) is 6.42 Å². The van der Waals surface area contributed by atoms with Crippen molar-refractivity contribution in [3.63, 3.8) is 0 Å². The van der Waals surface area contributed by atoms with Crippen LogP contribution in [0.25, 0.3) is 0 Å². The number of methoxy groups -OCH3 is 1. The van der Waals surface area contributed by atoms with Crippen molar-refractivity contribution >= 4 is 29.2 Å². The summed E-state index contributed by atoms with van der Waals surface area (Å²) < 4.78 is 5.13. The van der Waals surface area contributed by atoms with Gasteiger partial charge in [-0.05, 0) is 42.0 Å². The molecule has 0 aliphatic carbocycles. The Morgan fingerprint density at radius 3 is 2.15 bits per heavy atom. The number of hydrogen-bond donors (Lipinski definition) is 1. The van der Waals surface area contributed by atoms with Gasteiger partial charge in [-0.1, -0.05) is 23.7 Å². The smallest absolute Gasteiger partial charge is 0.321 e. The van der Waals surface area contributed by atoms with E-state index < -0.39 is 0 Å². The molecular formula is C20H22ClN3O3. The topological polar surface area (TPSA) is 61.9 Å². The number of benzene rings is 2. The van der Waals surface area contributed by atoms with E-state index in [1.165, 1.54) is 0 Å². The highest BCUT2D eigenvalue weighted by Gasteiger charge is 2.24. The number of carbonyl (C=O) groups is 2. The standard InChI is InChI=1S/C20H22ClN3O3/c1-27-18-8-2-15(3-9-18)14-19(25)23-10-12-24(13-11-23)20(26)22-17-6-4-16(21)5-7-17/h2-9H,10-14H2,1H3,(H,22,26). The van der Waals surface area contributed by atoms with Crippen LogP contribution in [0.1, 0.15) is 5.56 Å². The minimum Gasteiger partial charge on any atom is -0.497 e. The molecule has 1 N–H and O–H groups in total. The molecule has 2 aromatic carbocycles. The molecule has 0 unspecified atom stereocenters. The molecule has 0 bridgehead atoms. The molecule has 7 heteroatoms. The summed E-state index contributed by atoms with van der Waals surface area (Å²) in [6.07, 6.45) is 0.348. The number of carbonyl (C=O) groups excluding carboxylic acids is 2. The predicted octanol–water partition coefficient (Wildman–Crippen LogP) is 3.27. The second-order valence-corrected chi connectivity index (χ2v) is 6.77. The summed E-state index contributed by atoms with van der Waals surface area (Å²) >= 11 is 5.85. The van der Waals surface area contributed by atoms with Gasteiger partial charge in [0.1, 0.15) is 5.75 Å². The lowest BCUT2D eigenvalue weighted by Gasteiger charge is -2.34. The van der Waals surface area contributed by atoms with Gasteiger partial charge in [0, 0.05) is 36.9 Å². The van der Waals surface area contributed by atoms with Crippen LogP contribution in [0.4, 0.5) is 10.5 Å². The van der Waals surface area contributed by atoms with Crippen LogP contribution in [0.5, 0.6) is 5.75 Å². The molecule has 0 saturated carbocycles. The van der Waals surface area contributed by atoms with Gasteiger partial charge in [-0.3, -0.25) is 4.79 Å². The fourth-order valence-corrected chi connectivity index (χ4v) is 3.05. The van der Waals surface area contributed by atoms with Crippen molar-refractivity contribution in [3.8, 4) is 5.75 Å². The van der Waals surface area contributed by atoms with E-state index in [0.717, 1.165) is 11.3 Å². The summed E-state index contributed by atoms with van der Waals surface area (Å²) in [4.78, 5) is 28.3. The summed E-state index contributed by atoms with van der Waals surface area (Å²) in [6.45, 7) is 2.08. The van der Waals surface area contributed by atoms with Crippen LogP contribution in [0.3, 0.4) is 0 Å². The Hall–Kier alpha value is -2.73. The average molecular weight is 388 g/mol. The van der Waals surface area contributed by atoms with Crippen LogP contribution in [-0.2, 0) is 11.2 Å². The summed E-state index contributed by atoms with van der Waals surface area (Å²) in [5.74, 6) is 0.837. The third kappa shape index (κ3) is 5.14. The zero-order chi connectivity index (χ0) is 19.2. The van der Waals surface area contributed by atoms with Gasteiger partial charge in [0.25, 0.3) is 0 Å². The minimum absolute atomic E-state index is 0.0675. The molecule has 0 radical (unpaired) electrons. The van der Waals surface area contributed by atoms with Gasteiger partial charge in [-0.15, -0.1) is 0 Å². The zero-order valence-electron chi connectivity index (χ0n) is 15.2. The highest BCUT2D eigenvalue weighted by Crippen LogP contribution is 2.15. The minimum atomic E-state index is -0.167. The molecule has 1 aliphatic rings. The Labute approximate surface area is 163 Å². The highest BCUT2D eigenvalue weighted by molar-refractivity contribution is 6.30. The average Bonchev–Trinajstić information content (AvgIpc) is 2.70. The Balaban J connectivity index is 1.47. The van der Waals surface area contributed by atoms with Crippen LogP contribution in [0.2, 0.25) is 5.02 Å². The lowest BCUT2D eigenvalue weighted by Crippen LogP contribution is -2.52. The second-order valence-electron chi connectivity index (χ2n) is 6.33. The monoisotopic (exact) mass is 387 g/mol. The Bertz CT molecular complexity index is 785. The van der Waals surface area contributed by atoms with E-state index in [1.54, 1.807) is 41.2 Å². The van der Waals surface area contributed by atoms with Crippen LogP contribution >= 0.6 is 11.6 Å². The van der Waals surface area contributed by atoms with Crippen molar-refractivity contribution in [2.75, 3.05) is 38.6 Å². The first-order chi connectivity index (χ1) is 13.0. The molecule has 1 aliphatic heterocycles. The molecule has 0 atom stereocenters. The van der Waals surface area contributed by atoms with Gasteiger partial charge in [-0.25, -0.2) is 4.79 Å². The Morgan fingerprint density at radius 2 is 1.56 bits per heavy atom. The molecular weight excluding hydrogens is 366 g/mol. The lowest BCUT2D eigenvalue weighted by molar-refractivity contribution is -0.131. The number of rotatable bonds is 4. The zero-order valence-corrected chi connectivity index (χ0v) is 15.9. The Morgan fingerprint density at radius 1 is 0.963 bits per heavy atom. The van der Waals surface area contributed by atoms with E-state index in [-0.39, 0.29) is 11.9 Å². The van der Waals surface area contributed by atoms with Gasteiger partial charge in [0.05, 0.1) is 13.5 Å². The van der Waals surface area contributed by atoms with Crippen LogP contribution in [0, 0.1) is 0 Å². The maximum absolute atomic E-state index is 12.5. The number of nitrogens with zero attached hydrogens (tertiary/aromatic N) is 2. The number of hydrogen-bond acceptors (Lipinski definition) is 3. The summed E-state index contributed by atoms with van der Waals surface area (Å²) in [7, 11) is 1.61. The van der Waals surface area contributed by atoms with E-state index in [9.17, 15) is 9.59 Å². The lowest BCUT2D eigenvalue weighted by atomic mass is 10.1. The van der Waals surface area contributed by atoms with E-state index in [0.29, 0.717) is 43.3 Å². The number of halogens is 1. The van der Waals surface area contributed by atoms with Gasteiger partial charge < -0.3 is 19.9 Å². The van der Waals surface area contributed by atoms with Crippen molar-refractivity contribution in [2.24, 2.45) is 0 Å². The number of nitrogens with one attached hydrogen (secondary N) is 1. The van der Waals surface area contributed by atoms with Crippen LogP contribution in [0.15, 0.2) is 48.5 Å². The maximum atomic E-state index is 12.5. The molecule has 0 aromatic heterocycles. The Kier molecular flexibility index (Phi) is 6.19. The number of anilines is 1. The van der Waals surface area contributed by atoms with E-state index in [2.05, 4.69) is 5.32 Å². The molecule has 1 fully saturated rings. The molecule has 0 spiro atoms. The SMILES string of the molecule is COc1ccc(CC(=O)N2CCN(C(=O)Nc3ccc(Cl)cc3)CC2)cc1. The summed E-state index contributed by atoms with van der Waals surface area (Å²) in [5, 5.41) is 3.47. The fraction of sp³-hybridized carbons (Fsp3) is 0.300. The molecule has 6 nitrogen and oxygen atoms in total. The first kappa shape index (κ1) is 19.0. The number of ether oxygens (including phenoxy) is 1. The fourth-order valence-electron chi connectivity index (χ4n) is 2.92. The van der Waals surface area contributed by atoms with E-state index in [4.69, 9.17) is 16.3 Å². The van der Waals surface area contributed by atoms with Crippen molar-refractivity contribution in [1.29, 1.82) is 0 Å². The summed E-state index contributed by atoms with van der Waals surface area (Å²) in [5.41, 5.74) is 1.64. The maximum Gasteiger partial charge on any atom is 0.321 e. The molecule has 3 rings (SSSR count). The van der Waals surface area contributed by atoms with Crippen LogP contribution < -0.4 is 10.1 Å². The van der Waals surface area contributed by atoms with Gasteiger partial charge >= 0.3 is 6.03 Å². The number of amides is 3. The number of piperazine rings is 1. The molecule has 1 saturated heterocycles. The highest BCUT2D eigenvalue weighted by atomic mass is 35.5. The number of urea groups is 1. The summed E-state index contributed by atoms with van der Waals surface area (Å²) in [6, 6.07) is 14.3. The third-order valence-electron chi connectivity index (χ3n) is 4.53. The first-order valence-electron chi connectivity index (χ1n) is 8.77. The largest absolute Gasteiger partial charge is 0.497 e. The van der Waals surface area contributed by atoms with Crippen LogP contribution in [-0.4, -0.2) is 55.0 Å². The quantitative estimate of drug-likeness (QED) is 0.875. The van der Waals surface area contributed by atoms with Gasteiger partial charge in [0.2, 0.25) is 5.91 Å². The molecule has 3 amide bonds. The van der Waals surface area contributed by atoms with Gasteiger partial charge in [0.15, 0.2) is 0 Å². The van der Waals surface area contributed by atoms with Crippen molar-refractivity contribution in [3.05, 3.63) is 59.1 Å². The molecule has 27 heavy (non-hydrogen) atoms. The second kappa shape index (κ2) is 8.77. The van der Waals surface area contributed by atoms with E-state index in [1.807, 2.05) is 24.3 Å². The molecule has 1 heterocycles. The van der Waals surface area contributed by atoms with E-state index >= 15 is 0 Å². The van der Waals surface area contributed by atoms with Crippen molar-refractivity contribution in [1.82, 2.24) is 9.80 Å². The molecule has 2 aromatic rings. The first-order valence-corrected chi connectivity index (χ1v) is 9.15. The van der Waals surface area contributed by atoms with Gasteiger partial charge in [-0.2, -0.15) is 0 Å². The molecule has 142 valence electrons. The predicted molar refractivity (Wildman–Crippen MR) is 105 cm³/mol.